The molecule has 1 unspecified atom stereocenters. The van der Waals surface area contributed by atoms with Gasteiger partial charge in [-0.15, -0.1) is 0 Å². The van der Waals surface area contributed by atoms with Gasteiger partial charge in [0.25, 0.3) is 0 Å². The van der Waals surface area contributed by atoms with Crippen molar-refractivity contribution < 1.29 is 17.6 Å². The molecule has 0 bridgehead atoms. The summed E-state index contributed by atoms with van der Waals surface area (Å²) < 4.78 is 51.3. The Morgan fingerprint density at radius 1 is 1.26 bits per heavy atom. The predicted molar refractivity (Wildman–Crippen MR) is 66.3 cm³/mol. The molecule has 19 heavy (non-hydrogen) atoms. The maximum atomic E-state index is 13.7. The normalized spacial score (nSPS) is 13.9. The van der Waals surface area contributed by atoms with E-state index in [4.69, 9.17) is 0 Å². The summed E-state index contributed by atoms with van der Waals surface area (Å²) in [5.41, 5.74) is -1.19. The van der Waals surface area contributed by atoms with Gasteiger partial charge in [0, 0.05) is 24.7 Å². The molecule has 0 saturated carbocycles. The van der Waals surface area contributed by atoms with E-state index < -0.39 is 17.6 Å². The van der Waals surface area contributed by atoms with Crippen LogP contribution in [0.2, 0.25) is 0 Å². The SMILES string of the molecule is CC(CN(C)C)NCc1cccc(C(F)(F)F)c1F. The number of hydrogen-bond donors (Lipinski definition) is 1. The predicted octanol–water partition coefficient (Wildman–Crippen LogP) is 2.88. The van der Waals surface area contributed by atoms with Gasteiger partial charge < -0.3 is 10.2 Å². The van der Waals surface area contributed by atoms with Gasteiger partial charge in [-0.2, -0.15) is 13.2 Å². The van der Waals surface area contributed by atoms with Crippen LogP contribution in [0.4, 0.5) is 17.6 Å². The van der Waals surface area contributed by atoms with Crippen LogP contribution in [0.25, 0.3) is 0 Å². The average molecular weight is 278 g/mol. The summed E-state index contributed by atoms with van der Waals surface area (Å²) in [4.78, 5) is 1.94. The number of rotatable bonds is 5. The summed E-state index contributed by atoms with van der Waals surface area (Å²) in [7, 11) is 3.78. The van der Waals surface area contributed by atoms with Crippen molar-refractivity contribution in [1.29, 1.82) is 0 Å². The molecule has 0 aliphatic rings. The molecule has 0 aliphatic heterocycles. The fourth-order valence-corrected chi connectivity index (χ4v) is 1.83. The van der Waals surface area contributed by atoms with Crippen molar-refractivity contribution in [3.8, 4) is 0 Å². The summed E-state index contributed by atoms with van der Waals surface area (Å²) in [6, 6.07) is 3.39. The van der Waals surface area contributed by atoms with Crippen LogP contribution in [0, 0.1) is 5.82 Å². The molecule has 1 aromatic carbocycles. The molecule has 0 amide bonds. The molecule has 0 spiro atoms. The van der Waals surface area contributed by atoms with Crippen LogP contribution in [-0.4, -0.2) is 31.6 Å². The van der Waals surface area contributed by atoms with Crippen molar-refractivity contribution in [3.05, 3.63) is 35.1 Å². The Hall–Kier alpha value is -1.14. The summed E-state index contributed by atoms with van der Waals surface area (Å²) in [6.45, 7) is 2.69. The second-order valence-corrected chi connectivity index (χ2v) is 4.82. The summed E-state index contributed by atoms with van der Waals surface area (Å²) in [5, 5.41) is 3.00. The Bertz CT molecular complexity index is 416. The molecule has 0 fully saturated rings. The van der Waals surface area contributed by atoms with Gasteiger partial charge in [-0.1, -0.05) is 12.1 Å². The topological polar surface area (TPSA) is 15.3 Å². The van der Waals surface area contributed by atoms with E-state index in [0.717, 1.165) is 12.6 Å². The minimum absolute atomic E-state index is 0.0282. The molecule has 1 aromatic rings. The van der Waals surface area contributed by atoms with Crippen LogP contribution in [-0.2, 0) is 12.7 Å². The number of alkyl halides is 3. The van der Waals surface area contributed by atoms with Crippen LogP contribution in [0.15, 0.2) is 18.2 Å². The smallest absolute Gasteiger partial charge is 0.309 e. The van der Waals surface area contributed by atoms with E-state index in [2.05, 4.69) is 5.32 Å². The monoisotopic (exact) mass is 278 g/mol. The molecule has 0 radical (unpaired) electrons. The molecular weight excluding hydrogens is 260 g/mol. The molecule has 2 nitrogen and oxygen atoms in total. The zero-order valence-electron chi connectivity index (χ0n) is 11.2. The molecule has 1 rings (SSSR count). The highest BCUT2D eigenvalue weighted by molar-refractivity contribution is 5.28. The van der Waals surface area contributed by atoms with Crippen LogP contribution in [0.1, 0.15) is 18.1 Å². The largest absolute Gasteiger partial charge is 0.419 e. The minimum atomic E-state index is -4.66. The van der Waals surface area contributed by atoms with Crippen molar-refractivity contribution in [2.45, 2.75) is 25.7 Å². The third-order valence-electron chi connectivity index (χ3n) is 2.66. The Morgan fingerprint density at radius 2 is 1.89 bits per heavy atom. The van der Waals surface area contributed by atoms with Gasteiger partial charge in [-0.3, -0.25) is 0 Å². The molecule has 1 atom stereocenters. The quantitative estimate of drug-likeness (QED) is 0.833. The maximum Gasteiger partial charge on any atom is 0.419 e. The lowest BCUT2D eigenvalue weighted by molar-refractivity contribution is -0.140. The van der Waals surface area contributed by atoms with Gasteiger partial charge in [0.1, 0.15) is 5.82 Å². The van der Waals surface area contributed by atoms with E-state index in [1.807, 2.05) is 25.9 Å². The minimum Gasteiger partial charge on any atom is -0.309 e. The van der Waals surface area contributed by atoms with Gasteiger partial charge in [-0.05, 0) is 27.1 Å². The Morgan fingerprint density at radius 3 is 2.42 bits per heavy atom. The standard InChI is InChI=1S/C13H18F4N2/c1-9(8-19(2)3)18-7-10-5-4-6-11(12(10)14)13(15,16)17/h4-6,9,18H,7-8H2,1-3H3. The third-order valence-corrected chi connectivity index (χ3v) is 2.66. The lowest BCUT2D eigenvalue weighted by Gasteiger charge is -2.19. The molecule has 108 valence electrons. The van der Waals surface area contributed by atoms with Gasteiger partial charge in [0.15, 0.2) is 0 Å². The maximum absolute atomic E-state index is 13.7. The number of likely N-dealkylation sites (N-methyl/N-ethyl adjacent to an activating group) is 1. The Kier molecular flexibility index (Phi) is 5.31. The van der Waals surface area contributed by atoms with Crippen molar-refractivity contribution in [1.82, 2.24) is 10.2 Å². The average Bonchev–Trinajstić information content (AvgIpc) is 2.25. The van der Waals surface area contributed by atoms with Gasteiger partial charge >= 0.3 is 6.18 Å². The molecule has 0 heterocycles. The van der Waals surface area contributed by atoms with Crippen molar-refractivity contribution in [2.75, 3.05) is 20.6 Å². The van der Waals surface area contributed by atoms with E-state index in [-0.39, 0.29) is 18.2 Å². The summed E-state index contributed by atoms with van der Waals surface area (Å²) in [6.07, 6.45) is -4.66. The second-order valence-electron chi connectivity index (χ2n) is 4.82. The first kappa shape index (κ1) is 15.9. The molecule has 1 N–H and O–H groups in total. The Labute approximate surface area is 110 Å². The van der Waals surface area contributed by atoms with E-state index in [0.29, 0.717) is 0 Å². The van der Waals surface area contributed by atoms with Crippen molar-refractivity contribution >= 4 is 0 Å². The van der Waals surface area contributed by atoms with Crippen molar-refractivity contribution in [2.24, 2.45) is 0 Å². The second kappa shape index (κ2) is 6.34. The van der Waals surface area contributed by atoms with E-state index in [1.165, 1.54) is 12.1 Å². The number of benzene rings is 1. The lowest BCUT2D eigenvalue weighted by Crippen LogP contribution is -2.35. The molecule has 6 heteroatoms. The number of halogens is 4. The summed E-state index contributed by atoms with van der Waals surface area (Å²) >= 11 is 0. The lowest BCUT2D eigenvalue weighted by atomic mass is 10.1. The zero-order chi connectivity index (χ0) is 14.6. The van der Waals surface area contributed by atoms with Gasteiger partial charge in [0.05, 0.1) is 5.56 Å². The highest BCUT2D eigenvalue weighted by atomic mass is 19.4. The van der Waals surface area contributed by atoms with Gasteiger partial charge in [-0.25, -0.2) is 4.39 Å². The fourth-order valence-electron chi connectivity index (χ4n) is 1.83. The number of hydrogen-bond acceptors (Lipinski definition) is 2. The molecular formula is C13H18F4N2. The first-order valence-electron chi connectivity index (χ1n) is 5.94. The van der Waals surface area contributed by atoms with Crippen LogP contribution >= 0.6 is 0 Å². The number of nitrogens with zero attached hydrogens (tertiary/aromatic N) is 1. The highest BCUT2D eigenvalue weighted by Crippen LogP contribution is 2.32. The summed E-state index contributed by atoms with van der Waals surface area (Å²) in [5.74, 6) is -1.19. The van der Waals surface area contributed by atoms with Crippen LogP contribution < -0.4 is 5.32 Å². The fraction of sp³-hybridized carbons (Fsp3) is 0.538. The van der Waals surface area contributed by atoms with E-state index >= 15 is 0 Å². The van der Waals surface area contributed by atoms with Crippen molar-refractivity contribution in [3.63, 3.8) is 0 Å². The third kappa shape index (κ3) is 4.80. The van der Waals surface area contributed by atoms with Crippen LogP contribution in [0.3, 0.4) is 0 Å². The van der Waals surface area contributed by atoms with Gasteiger partial charge in [0.2, 0.25) is 0 Å². The van der Waals surface area contributed by atoms with E-state index in [9.17, 15) is 17.6 Å². The molecule has 0 saturated heterocycles. The molecule has 0 aromatic heterocycles. The number of nitrogens with one attached hydrogen (secondary N) is 1. The first-order chi connectivity index (χ1) is 8.71. The first-order valence-corrected chi connectivity index (χ1v) is 5.94. The highest BCUT2D eigenvalue weighted by Gasteiger charge is 2.34. The van der Waals surface area contributed by atoms with Crippen LogP contribution in [0.5, 0.6) is 0 Å². The molecule has 0 aliphatic carbocycles. The Balaban J connectivity index is 2.75. The van der Waals surface area contributed by atoms with E-state index in [1.54, 1.807) is 0 Å². The zero-order valence-corrected chi connectivity index (χ0v) is 11.2.